The molecule has 2 heterocycles. The van der Waals surface area contributed by atoms with Crippen LogP contribution in [-0.2, 0) is 11.3 Å². The Morgan fingerprint density at radius 2 is 2.09 bits per heavy atom. The van der Waals surface area contributed by atoms with E-state index in [1.54, 1.807) is 19.3 Å². The summed E-state index contributed by atoms with van der Waals surface area (Å²) >= 11 is 5.38. The Hall–Kier alpha value is -4.05. The van der Waals surface area contributed by atoms with Gasteiger partial charge in [0.1, 0.15) is 23.8 Å². The lowest BCUT2D eigenvalue weighted by molar-refractivity contribution is -0.385. The largest absolute Gasteiger partial charge is 0.496 e. The highest BCUT2D eigenvalue weighted by Crippen LogP contribution is 2.26. The molecule has 0 radical (unpaired) electrons. The van der Waals surface area contributed by atoms with Gasteiger partial charge in [0.2, 0.25) is 0 Å². The number of rotatable bonds is 6. The van der Waals surface area contributed by atoms with Crippen LogP contribution in [0, 0.1) is 17.0 Å². The lowest BCUT2D eigenvalue weighted by atomic mass is 10.1. The Balaban J connectivity index is 1.62. The van der Waals surface area contributed by atoms with Gasteiger partial charge in [-0.3, -0.25) is 24.5 Å². The van der Waals surface area contributed by atoms with Crippen LogP contribution < -0.4 is 15.0 Å². The molecule has 162 valence electrons. The zero-order chi connectivity index (χ0) is 22.8. The standard InChI is InChI=1S/C22H19N5O4S/c1-14-4-3-5-17(8-14)26-21(28)19(24-22(26)32)10-15-6-7-20(31-2)16(9-15)12-25-13-18(11-23-25)27(29)30/h3-11,13H,12H2,1-2H3,(H,24,32)/b19-10+. The van der Waals surface area contributed by atoms with Gasteiger partial charge >= 0.3 is 5.69 Å². The summed E-state index contributed by atoms with van der Waals surface area (Å²) in [5.41, 5.74) is 3.48. The predicted octanol–water partition coefficient (Wildman–Crippen LogP) is 3.42. The second-order valence-corrected chi connectivity index (χ2v) is 7.58. The molecule has 1 aromatic heterocycles. The van der Waals surface area contributed by atoms with Crippen LogP contribution in [0.15, 0.2) is 60.6 Å². The molecule has 0 unspecified atom stereocenters. The van der Waals surface area contributed by atoms with E-state index in [0.717, 1.165) is 16.7 Å². The Bertz CT molecular complexity index is 1270. The van der Waals surface area contributed by atoms with Crippen LogP contribution in [0.5, 0.6) is 5.75 Å². The van der Waals surface area contributed by atoms with E-state index in [-0.39, 0.29) is 18.1 Å². The fraction of sp³-hybridized carbons (Fsp3) is 0.136. The highest BCUT2D eigenvalue weighted by atomic mass is 32.1. The first-order valence-corrected chi connectivity index (χ1v) is 10.0. The summed E-state index contributed by atoms with van der Waals surface area (Å²) in [5.74, 6) is 0.355. The molecule has 1 fully saturated rings. The summed E-state index contributed by atoms with van der Waals surface area (Å²) in [7, 11) is 1.54. The van der Waals surface area contributed by atoms with Gasteiger partial charge in [0.15, 0.2) is 5.11 Å². The highest BCUT2D eigenvalue weighted by molar-refractivity contribution is 7.80. The number of carbonyl (C=O) groups is 1. The summed E-state index contributed by atoms with van der Waals surface area (Å²) in [5, 5.41) is 18.2. The number of carbonyl (C=O) groups excluding carboxylic acids is 1. The number of nitrogens with one attached hydrogen (secondary N) is 1. The third-order valence-corrected chi connectivity index (χ3v) is 5.20. The Morgan fingerprint density at radius 1 is 1.28 bits per heavy atom. The average Bonchev–Trinajstić information content (AvgIpc) is 3.33. The van der Waals surface area contributed by atoms with E-state index in [9.17, 15) is 14.9 Å². The number of anilines is 1. The maximum Gasteiger partial charge on any atom is 0.307 e. The summed E-state index contributed by atoms with van der Waals surface area (Å²) in [6.07, 6.45) is 4.25. The molecule has 1 amide bonds. The molecule has 9 nitrogen and oxygen atoms in total. The van der Waals surface area contributed by atoms with Crippen molar-refractivity contribution in [3.63, 3.8) is 0 Å². The van der Waals surface area contributed by atoms with Gasteiger partial charge in [-0.25, -0.2) is 0 Å². The van der Waals surface area contributed by atoms with Gasteiger partial charge < -0.3 is 10.1 Å². The molecular weight excluding hydrogens is 430 g/mol. The molecule has 1 aliphatic heterocycles. The molecule has 10 heteroatoms. The quantitative estimate of drug-likeness (QED) is 0.266. The SMILES string of the molecule is COc1ccc(/C=C2/NC(=S)N(c3cccc(C)c3)C2=O)cc1Cn1cc([N+](=O)[O-])cn1. The van der Waals surface area contributed by atoms with Crippen LogP contribution in [0.2, 0.25) is 0 Å². The molecule has 1 N–H and O–H groups in total. The molecule has 0 aliphatic carbocycles. The number of ether oxygens (including phenoxy) is 1. The van der Waals surface area contributed by atoms with Gasteiger partial charge in [-0.15, -0.1) is 0 Å². The lowest BCUT2D eigenvalue weighted by Crippen LogP contribution is -2.30. The third kappa shape index (κ3) is 4.21. The van der Waals surface area contributed by atoms with Gasteiger partial charge in [0.25, 0.3) is 5.91 Å². The number of amides is 1. The lowest BCUT2D eigenvalue weighted by Gasteiger charge is -2.14. The zero-order valence-electron chi connectivity index (χ0n) is 17.3. The van der Waals surface area contributed by atoms with Gasteiger partial charge in [-0.05, 0) is 60.6 Å². The molecule has 3 aromatic rings. The van der Waals surface area contributed by atoms with E-state index >= 15 is 0 Å². The van der Waals surface area contributed by atoms with Gasteiger partial charge in [-0.1, -0.05) is 18.2 Å². The number of aryl methyl sites for hydroxylation is 1. The van der Waals surface area contributed by atoms with Crippen LogP contribution in [-0.4, -0.2) is 32.8 Å². The van der Waals surface area contributed by atoms with E-state index in [1.165, 1.54) is 22.0 Å². The fourth-order valence-electron chi connectivity index (χ4n) is 3.42. The molecule has 1 aliphatic rings. The smallest absolute Gasteiger partial charge is 0.307 e. The number of thiocarbonyl (C=S) groups is 1. The summed E-state index contributed by atoms with van der Waals surface area (Å²) < 4.78 is 6.87. The molecule has 4 rings (SSSR count). The number of methoxy groups -OCH3 is 1. The monoisotopic (exact) mass is 449 g/mol. The van der Waals surface area contributed by atoms with E-state index in [2.05, 4.69) is 10.4 Å². The highest BCUT2D eigenvalue weighted by Gasteiger charge is 2.32. The number of aromatic nitrogens is 2. The average molecular weight is 449 g/mol. The number of hydrogen-bond acceptors (Lipinski definition) is 6. The Labute approximate surface area is 189 Å². The van der Waals surface area contributed by atoms with E-state index in [0.29, 0.717) is 22.2 Å². The summed E-state index contributed by atoms with van der Waals surface area (Å²) in [6.45, 7) is 2.22. The van der Waals surface area contributed by atoms with Gasteiger partial charge in [0.05, 0.1) is 24.3 Å². The minimum atomic E-state index is -0.498. The number of hydrogen-bond donors (Lipinski definition) is 1. The van der Waals surface area contributed by atoms with E-state index < -0.39 is 4.92 Å². The van der Waals surface area contributed by atoms with Crippen molar-refractivity contribution < 1.29 is 14.5 Å². The normalized spacial score (nSPS) is 14.7. The molecule has 0 bridgehead atoms. The maximum atomic E-state index is 13.0. The van der Waals surface area contributed by atoms with Crippen molar-refractivity contribution in [2.24, 2.45) is 0 Å². The van der Waals surface area contributed by atoms with Crippen molar-refractivity contribution in [1.29, 1.82) is 0 Å². The first-order valence-electron chi connectivity index (χ1n) is 9.63. The summed E-state index contributed by atoms with van der Waals surface area (Å²) in [4.78, 5) is 24.9. The molecule has 2 aromatic carbocycles. The van der Waals surface area contributed by atoms with E-state index in [4.69, 9.17) is 17.0 Å². The first kappa shape index (κ1) is 21.2. The maximum absolute atomic E-state index is 13.0. The zero-order valence-corrected chi connectivity index (χ0v) is 18.1. The Kier molecular flexibility index (Phi) is 5.69. The van der Waals surface area contributed by atoms with Crippen LogP contribution in [0.25, 0.3) is 6.08 Å². The van der Waals surface area contributed by atoms with Crippen molar-refractivity contribution in [1.82, 2.24) is 15.1 Å². The van der Waals surface area contributed by atoms with Crippen LogP contribution in [0.3, 0.4) is 0 Å². The summed E-state index contributed by atoms with van der Waals surface area (Å²) in [6, 6.07) is 13.0. The fourth-order valence-corrected chi connectivity index (χ4v) is 3.72. The molecule has 32 heavy (non-hydrogen) atoms. The minimum Gasteiger partial charge on any atom is -0.496 e. The second-order valence-electron chi connectivity index (χ2n) is 7.19. The van der Waals surface area contributed by atoms with Crippen molar-refractivity contribution >= 4 is 40.7 Å². The van der Waals surface area contributed by atoms with Crippen molar-refractivity contribution in [2.75, 3.05) is 12.0 Å². The van der Waals surface area contributed by atoms with E-state index in [1.807, 2.05) is 43.3 Å². The number of benzene rings is 2. The minimum absolute atomic E-state index is 0.0901. The van der Waals surface area contributed by atoms with Gasteiger partial charge in [0, 0.05) is 5.56 Å². The number of nitro groups is 1. The molecule has 0 spiro atoms. The second kappa shape index (κ2) is 8.60. The third-order valence-electron chi connectivity index (χ3n) is 4.92. The van der Waals surface area contributed by atoms with Crippen molar-refractivity contribution in [3.8, 4) is 5.75 Å². The molecule has 1 saturated heterocycles. The van der Waals surface area contributed by atoms with Crippen LogP contribution in [0.4, 0.5) is 11.4 Å². The number of nitrogens with zero attached hydrogens (tertiary/aromatic N) is 4. The van der Waals surface area contributed by atoms with Crippen LogP contribution >= 0.6 is 12.2 Å². The van der Waals surface area contributed by atoms with Crippen LogP contribution in [0.1, 0.15) is 16.7 Å². The van der Waals surface area contributed by atoms with Crippen molar-refractivity contribution in [3.05, 3.63) is 87.4 Å². The molecule has 0 saturated carbocycles. The molecular formula is C22H19N5O4S. The topological polar surface area (TPSA) is 103 Å². The predicted molar refractivity (Wildman–Crippen MR) is 123 cm³/mol. The van der Waals surface area contributed by atoms with Gasteiger partial charge in [-0.2, -0.15) is 5.10 Å². The molecule has 0 atom stereocenters. The Morgan fingerprint density at radius 3 is 2.78 bits per heavy atom. The first-order chi connectivity index (χ1) is 15.4. The van der Waals surface area contributed by atoms with Crippen molar-refractivity contribution in [2.45, 2.75) is 13.5 Å².